The minimum atomic E-state index is -1.11. The quantitative estimate of drug-likeness (QED) is 0.319. The maximum absolute atomic E-state index is 12.6. The van der Waals surface area contributed by atoms with Crippen molar-refractivity contribution in [3.8, 4) is 0 Å². The molecule has 1 rings (SSSR count). The fourth-order valence-electron chi connectivity index (χ4n) is 2.63. The number of aliphatic carboxylic acids is 1. The summed E-state index contributed by atoms with van der Waals surface area (Å²) < 4.78 is 7.08. The monoisotopic (exact) mass is 396 g/mol. The summed E-state index contributed by atoms with van der Waals surface area (Å²) in [6.45, 7) is 5.41. The molecule has 0 heterocycles. The number of methoxy groups -OCH3 is 1. The molecule has 1 unspecified atom stereocenters. The van der Waals surface area contributed by atoms with Gasteiger partial charge in [0, 0.05) is 31.8 Å². The van der Waals surface area contributed by atoms with Crippen LogP contribution >= 0.6 is 11.9 Å². The summed E-state index contributed by atoms with van der Waals surface area (Å²) in [5.41, 5.74) is 2.33. The first-order valence-electron chi connectivity index (χ1n) is 8.89. The number of rotatable bonds is 12. The van der Waals surface area contributed by atoms with Crippen LogP contribution in [0.4, 0.5) is 5.69 Å². The highest BCUT2D eigenvalue weighted by molar-refractivity contribution is 8.00. The summed E-state index contributed by atoms with van der Waals surface area (Å²) in [4.78, 5) is 35.2. The summed E-state index contributed by atoms with van der Waals surface area (Å²) in [6.07, 6.45) is 1.91. The van der Waals surface area contributed by atoms with Gasteiger partial charge in [-0.25, -0.2) is 4.79 Å². The molecular weight excluding hydrogens is 368 g/mol. The second-order valence-corrected chi connectivity index (χ2v) is 7.06. The Morgan fingerprint density at radius 3 is 2.52 bits per heavy atom. The maximum atomic E-state index is 12.6. The molecule has 0 aliphatic carbocycles. The predicted molar refractivity (Wildman–Crippen MR) is 107 cm³/mol. The standard InChI is InChI=1S/C19H28N2O5S/c1-5-8-17(23)15-10-7-9-14(6-2)18(15)21(12-26-4)27-11-16(19(24)25)20-13(3)22/h7,9-10,16H,5-6,8,11-12H2,1-4H3,(H,20,22)(H,24,25). The van der Waals surface area contributed by atoms with Gasteiger partial charge in [-0.05, 0) is 36.4 Å². The molecule has 2 N–H and O–H groups in total. The predicted octanol–water partition coefficient (Wildman–Crippen LogP) is 2.88. The van der Waals surface area contributed by atoms with Crippen molar-refractivity contribution in [1.29, 1.82) is 0 Å². The van der Waals surface area contributed by atoms with Crippen molar-refractivity contribution in [3.63, 3.8) is 0 Å². The summed E-state index contributed by atoms with van der Waals surface area (Å²) in [7, 11) is 1.54. The zero-order chi connectivity index (χ0) is 20.4. The van der Waals surface area contributed by atoms with Crippen LogP contribution in [-0.2, 0) is 20.7 Å². The number of hydrogen-bond acceptors (Lipinski definition) is 6. The largest absolute Gasteiger partial charge is 0.480 e. The molecule has 0 aliphatic heterocycles. The number of ketones is 1. The van der Waals surface area contributed by atoms with Crippen LogP contribution in [0, 0.1) is 0 Å². The number of carboxylic acids is 1. The van der Waals surface area contributed by atoms with Gasteiger partial charge in [-0.3, -0.25) is 13.9 Å². The molecule has 0 radical (unpaired) electrons. The Morgan fingerprint density at radius 1 is 1.30 bits per heavy atom. The molecule has 0 fully saturated rings. The Bertz CT molecular complexity index is 666. The van der Waals surface area contributed by atoms with Crippen LogP contribution in [0.1, 0.15) is 49.5 Å². The van der Waals surface area contributed by atoms with Crippen LogP contribution in [0.3, 0.4) is 0 Å². The Hall–Kier alpha value is -2.06. The first-order chi connectivity index (χ1) is 12.8. The smallest absolute Gasteiger partial charge is 0.327 e. The zero-order valence-electron chi connectivity index (χ0n) is 16.3. The number of nitrogens with zero attached hydrogens (tertiary/aromatic N) is 1. The number of anilines is 1. The summed E-state index contributed by atoms with van der Waals surface area (Å²) in [6, 6.07) is 4.57. The second kappa shape index (κ2) is 11.6. The molecule has 1 aromatic rings. The summed E-state index contributed by atoms with van der Waals surface area (Å²) in [5, 5.41) is 11.7. The van der Waals surface area contributed by atoms with E-state index in [0.717, 1.165) is 24.1 Å². The fraction of sp³-hybridized carbons (Fsp3) is 0.526. The van der Waals surface area contributed by atoms with Gasteiger partial charge >= 0.3 is 5.97 Å². The molecule has 1 atom stereocenters. The number of hydrogen-bond donors (Lipinski definition) is 2. The van der Waals surface area contributed by atoms with Crippen molar-refractivity contribution < 1.29 is 24.2 Å². The molecule has 8 heteroatoms. The Labute approximate surface area is 164 Å². The molecule has 0 spiro atoms. The van der Waals surface area contributed by atoms with Gasteiger partial charge in [-0.2, -0.15) is 0 Å². The van der Waals surface area contributed by atoms with Gasteiger partial charge < -0.3 is 15.2 Å². The third kappa shape index (κ3) is 6.88. The second-order valence-electron chi connectivity index (χ2n) is 6.02. The lowest BCUT2D eigenvalue weighted by Crippen LogP contribution is -2.42. The van der Waals surface area contributed by atoms with Gasteiger partial charge in [-0.15, -0.1) is 0 Å². The molecule has 1 aromatic carbocycles. The van der Waals surface area contributed by atoms with Gasteiger partial charge in [0.25, 0.3) is 0 Å². The molecule has 27 heavy (non-hydrogen) atoms. The molecular formula is C19H28N2O5S. The van der Waals surface area contributed by atoms with E-state index in [0.29, 0.717) is 12.0 Å². The first kappa shape index (κ1) is 23.0. The number of benzene rings is 1. The minimum Gasteiger partial charge on any atom is -0.480 e. The van der Waals surface area contributed by atoms with E-state index in [1.165, 1.54) is 26.0 Å². The van der Waals surface area contributed by atoms with Crippen molar-refractivity contribution in [2.75, 3.05) is 23.9 Å². The van der Waals surface area contributed by atoms with Gasteiger partial charge in [0.15, 0.2) is 5.78 Å². The molecule has 0 aliphatic rings. The number of nitrogens with one attached hydrogen (secondary N) is 1. The molecule has 1 amide bonds. The van der Waals surface area contributed by atoms with E-state index < -0.39 is 17.9 Å². The van der Waals surface area contributed by atoms with Gasteiger partial charge in [0.05, 0.1) is 5.69 Å². The minimum absolute atomic E-state index is 0.0427. The van der Waals surface area contributed by atoms with Gasteiger partial charge in [-0.1, -0.05) is 26.0 Å². The van der Waals surface area contributed by atoms with Crippen LogP contribution in [-0.4, -0.2) is 48.4 Å². The molecule has 0 bridgehead atoms. The third-order valence-corrected chi connectivity index (χ3v) is 4.93. The SMILES string of the molecule is CCCC(=O)c1cccc(CC)c1N(COC)SCC(NC(C)=O)C(=O)O. The highest BCUT2D eigenvalue weighted by Crippen LogP contribution is 2.32. The van der Waals surface area contributed by atoms with Crippen molar-refractivity contribution >= 4 is 35.3 Å². The Kier molecular flexibility index (Phi) is 9.88. The van der Waals surface area contributed by atoms with Crippen molar-refractivity contribution in [2.45, 2.75) is 46.1 Å². The number of amides is 1. The average Bonchev–Trinajstić information content (AvgIpc) is 2.63. The fourth-order valence-corrected chi connectivity index (χ4v) is 3.71. The average molecular weight is 397 g/mol. The van der Waals surface area contributed by atoms with Crippen molar-refractivity contribution in [1.82, 2.24) is 5.32 Å². The lowest BCUT2D eigenvalue weighted by Gasteiger charge is -2.28. The van der Waals surface area contributed by atoms with Gasteiger partial charge in [0.2, 0.25) is 5.91 Å². The lowest BCUT2D eigenvalue weighted by atomic mass is 9.99. The number of ether oxygens (including phenoxy) is 1. The van der Waals surface area contributed by atoms with E-state index in [1.807, 2.05) is 26.0 Å². The summed E-state index contributed by atoms with van der Waals surface area (Å²) >= 11 is 1.22. The third-order valence-electron chi connectivity index (χ3n) is 3.85. The van der Waals surface area contributed by atoms with Crippen LogP contribution in [0.5, 0.6) is 0 Å². The van der Waals surface area contributed by atoms with E-state index in [1.54, 1.807) is 10.4 Å². The molecule has 150 valence electrons. The van der Waals surface area contributed by atoms with Crippen LogP contribution in [0.25, 0.3) is 0 Å². The summed E-state index contributed by atoms with van der Waals surface area (Å²) in [5.74, 6) is -1.37. The van der Waals surface area contributed by atoms with E-state index >= 15 is 0 Å². The number of carbonyl (C=O) groups is 3. The number of carbonyl (C=O) groups excluding carboxylic acids is 2. The van der Waals surface area contributed by atoms with Crippen molar-refractivity contribution in [2.24, 2.45) is 0 Å². The first-order valence-corrected chi connectivity index (χ1v) is 9.84. The molecule has 7 nitrogen and oxygen atoms in total. The molecule has 0 saturated heterocycles. The number of para-hydroxylation sites is 1. The van der Waals surface area contributed by atoms with E-state index in [9.17, 15) is 19.5 Å². The topological polar surface area (TPSA) is 95.9 Å². The number of carboxylic acid groups (broad SMARTS) is 1. The maximum Gasteiger partial charge on any atom is 0.327 e. The van der Waals surface area contributed by atoms with Crippen LogP contribution < -0.4 is 9.62 Å². The Morgan fingerprint density at radius 2 is 2.00 bits per heavy atom. The zero-order valence-corrected chi connectivity index (χ0v) is 17.1. The van der Waals surface area contributed by atoms with Crippen molar-refractivity contribution in [3.05, 3.63) is 29.3 Å². The highest BCUT2D eigenvalue weighted by atomic mass is 32.2. The normalized spacial score (nSPS) is 11.7. The molecule has 0 saturated carbocycles. The van der Waals surface area contributed by atoms with E-state index in [2.05, 4.69) is 5.32 Å². The van der Waals surface area contributed by atoms with E-state index in [-0.39, 0.29) is 18.3 Å². The van der Waals surface area contributed by atoms with E-state index in [4.69, 9.17) is 4.74 Å². The highest BCUT2D eigenvalue weighted by Gasteiger charge is 2.24. The number of aryl methyl sites for hydroxylation is 1. The van der Waals surface area contributed by atoms with Crippen LogP contribution in [0.15, 0.2) is 18.2 Å². The number of Topliss-reactive ketones (excluding diaryl/α,β-unsaturated/α-hetero) is 1. The van der Waals surface area contributed by atoms with Crippen LogP contribution in [0.2, 0.25) is 0 Å². The lowest BCUT2D eigenvalue weighted by molar-refractivity contribution is -0.140. The van der Waals surface area contributed by atoms with Gasteiger partial charge in [0.1, 0.15) is 12.8 Å². The Balaban J connectivity index is 3.19. The molecule has 0 aromatic heterocycles.